The van der Waals surface area contributed by atoms with Gasteiger partial charge in [-0.1, -0.05) is 11.6 Å². The Morgan fingerprint density at radius 1 is 1.47 bits per heavy atom. The zero-order chi connectivity index (χ0) is 12.5. The number of benzene rings is 1. The number of rotatable bonds is 2. The highest BCUT2D eigenvalue weighted by molar-refractivity contribution is 6.30. The van der Waals surface area contributed by atoms with Gasteiger partial charge in [-0.15, -0.1) is 0 Å². The summed E-state index contributed by atoms with van der Waals surface area (Å²) in [5, 5.41) is 10.8. The molecule has 0 spiro atoms. The van der Waals surface area contributed by atoms with Crippen LogP contribution in [0.3, 0.4) is 0 Å². The predicted octanol–water partition coefficient (Wildman–Crippen LogP) is 1.45. The zero-order valence-corrected chi connectivity index (χ0v) is 10.3. The molecule has 1 aliphatic heterocycles. The van der Waals surface area contributed by atoms with E-state index in [1.165, 1.54) is 7.11 Å². The summed E-state index contributed by atoms with van der Waals surface area (Å²) in [5.41, 5.74) is -0.455. The summed E-state index contributed by atoms with van der Waals surface area (Å²) >= 11 is 5.81. The molecule has 1 aromatic carbocycles. The second-order valence-electron chi connectivity index (χ2n) is 4.17. The number of anilines is 1. The van der Waals surface area contributed by atoms with Crippen LogP contribution in [0.2, 0.25) is 5.02 Å². The maximum atomic E-state index is 11.4. The van der Waals surface area contributed by atoms with Crippen molar-refractivity contribution >= 4 is 23.3 Å². The second-order valence-corrected chi connectivity index (χ2v) is 4.61. The van der Waals surface area contributed by atoms with Gasteiger partial charge in [0.15, 0.2) is 5.60 Å². The molecule has 1 heterocycles. The highest BCUT2D eigenvalue weighted by atomic mass is 35.5. The Labute approximate surface area is 105 Å². The van der Waals surface area contributed by atoms with Gasteiger partial charge in [-0.05, 0) is 24.3 Å². The fraction of sp³-hybridized carbons (Fsp3) is 0.417. The minimum atomic E-state index is -1.39. The lowest BCUT2D eigenvalue weighted by molar-refractivity contribution is -0.159. The van der Waals surface area contributed by atoms with Gasteiger partial charge in [0.2, 0.25) is 0 Å². The molecule has 0 radical (unpaired) electrons. The van der Waals surface area contributed by atoms with Gasteiger partial charge in [0.05, 0.1) is 13.7 Å². The first-order valence-electron chi connectivity index (χ1n) is 5.36. The van der Waals surface area contributed by atoms with E-state index >= 15 is 0 Å². The third-order valence-corrected chi connectivity index (χ3v) is 3.26. The molecule has 0 amide bonds. The van der Waals surface area contributed by atoms with Crippen LogP contribution in [0.5, 0.6) is 0 Å². The van der Waals surface area contributed by atoms with E-state index in [9.17, 15) is 9.90 Å². The first-order valence-corrected chi connectivity index (χ1v) is 5.74. The highest BCUT2D eigenvalue weighted by Gasteiger charge is 2.43. The van der Waals surface area contributed by atoms with Crippen LogP contribution in [-0.4, -0.2) is 36.9 Å². The van der Waals surface area contributed by atoms with E-state index in [0.717, 1.165) is 5.69 Å². The SMILES string of the molecule is COC(=O)C1(O)CCN(c2ccc(Cl)cc2)C1. The minimum Gasteiger partial charge on any atom is -0.467 e. The summed E-state index contributed by atoms with van der Waals surface area (Å²) in [6.07, 6.45) is 0.377. The van der Waals surface area contributed by atoms with Crippen LogP contribution >= 0.6 is 11.6 Å². The minimum absolute atomic E-state index is 0.251. The zero-order valence-electron chi connectivity index (χ0n) is 9.52. The molecule has 1 fully saturated rings. The number of esters is 1. The standard InChI is InChI=1S/C12H14ClNO3/c1-17-11(15)12(16)6-7-14(8-12)10-4-2-9(13)3-5-10/h2-5,16H,6-8H2,1H3. The van der Waals surface area contributed by atoms with Gasteiger partial charge in [0, 0.05) is 23.7 Å². The number of hydrogen-bond acceptors (Lipinski definition) is 4. The molecule has 0 aromatic heterocycles. The molecule has 1 saturated heterocycles. The molecule has 1 N–H and O–H groups in total. The number of carbonyl (C=O) groups excluding carboxylic acids is 1. The molecule has 1 unspecified atom stereocenters. The van der Waals surface area contributed by atoms with Crippen molar-refractivity contribution in [3.05, 3.63) is 29.3 Å². The van der Waals surface area contributed by atoms with Gasteiger partial charge in [-0.2, -0.15) is 0 Å². The number of methoxy groups -OCH3 is 1. The summed E-state index contributed by atoms with van der Waals surface area (Å²) in [5.74, 6) is -0.575. The van der Waals surface area contributed by atoms with Gasteiger partial charge in [0.25, 0.3) is 0 Å². The van der Waals surface area contributed by atoms with E-state index in [4.69, 9.17) is 11.6 Å². The topological polar surface area (TPSA) is 49.8 Å². The van der Waals surface area contributed by atoms with Crippen molar-refractivity contribution in [1.82, 2.24) is 0 Å². The molecule has 1 aliphatic rings. The van der Waals surface area contributed by atoms with Crippen LogP contribution in [0, 0.1) is 0 Å². The van der Waals surface area contributed by atoms with Gasteiger partial charge in [0.1, 0.15) is 0 Å². The number of β-amino-alcohol motifs (C(OH)–C–C–N with tert-alkyl or cyclic N) is 1. The van der Waals surface area contributed by atoms with E-state index in [1.807, 2.05) is 17.0 Å². The van der Waals surface area contributed by atoms with Crippen molar-refractivity contribution in [3.63, 3.8) is 0 Å². The summed E-state index contributed by atoms with van der Waals surface area (Å²) in [6, 6.07) is 7.30. The smallest absolute Gasteiger partial charge is 0.339 e. The fourth-order valence-electron chi connectivity index (χ4n) is 2.02. The average molecular weight is 256 g/mol. The Balaban J connectivity index is 2.12. The molecule has 1 aromatic rings. The maximum Gasteiger partial charge on any atom is 0.339 e. The lowest BCUT2D eigenvalue weighted by atomic mass is 10.0. The van der Waals surface area contributed by atoms with E-state index in [2.05, 4.69) is 4.74 Å². The number of carbonyl (C=O) groups is 1. The van der Waals surface area contributed by atoms with Crippen molar-refractivity contribution in [2.75, 3.05) is 25.1 Å². The molecule has 5 heteroatoms. The Morgan fingerprint density at radius 2 is 2.12 bits per heavy atom. The van der Waals surface area contributed by atoms with E-state index in [0.29, 0.717) is 18.0 Å². The van der Waals surface area contributed by atoms with Crippen molar-refractivity contribution in [1.29, 1.82) is 0 Å². The summed E-state index contributed by atoms with van der Waals surface area (Å²) in [4.78, 5) is 13.4. The number of hydrogen-bond donors (Lipinski definition) is 1. The molecule has 0 saturated carbocycles. The number of ether oxygens (including phenoxy) is 1. The number of halogens is 1. The van der Waals surface area contributed by atoms with Crippen LogP contribution < -0.4 is 4.90 Å². The molecule has 4 nitrogen and oxygen atoms in total. The van der Waals surface area contributed by atoms with E-state index in [-0.39, 0.29) is 6.54 Å². The van der Waals surface area contributed by atoms with Crippen molar-refractivity contribution < 1.29 is 14.6 Å². The Bertz CT molecular complexity index is 420. The molecule has 17 heavy (non-hydrogen) atoms. The highest BCUT2D eigenvalue weighted by Crippen LogP contribution is 2.28. The van der Waals surface area contributed by atoms with Crippen LogP contribution in [0.4, 0.5) is 5.69 Å². The van der Waals surface area contributed by atoms with Crippen LogP contribution in [0.1, 0.15) is 6.42 Å². The van der Waals surface area contributed by atoms with Gasteiger partial charge in [-0.25, -0.2) is 4.79 Å². The quantitative estimate of drug-likeness (QED) is 0.813. The lowest BCUT2D eigenvalue weighted by Crippen LogP contribution is -2.42. The first-order chi connectivity index (χ1) is 8.05. The third kappa shape index (κ3) is 2.37. The largest absolute Gasteiger partial charge is 0.467 e. The van der Waals surface area contributed by atoms with Crippen molar-refractivity contribution in [2.45, 2.75) is 12.0 Å². The maximum absolute atomic E-state index is 11.4. The normalized spacial score (nSPS) is 23.8. The van der Waals surface area contributed by atoms with Crippen LogP contribution in [0.25, 0.3) is 0 Å². The van der Waals surface area contributed by atoms with Gasteiger partial charge >= 0.3 is 5.97 Å². The predicted molar refractivity (Wildman–Crippen MR) is 65.2 cm³/mol. The lowest BCUT2D eigenvalue weighted by Gasteiger charge is -2.22. The first kappa shape index (κ1) is 12.2. The molecular weight excluding hydrogens is 242 g/mol. The molecule has 0 bridgehead atoms. The Hall–Kier alpha value is -1.26. The fourth-order valence-corrected chi connectivity index (χ4v) is 2.15. The van der Waals surface area contributed by atoms with Gasteiger partial charge < -0.3 is 14.7 Å². The Morgan fingerprint density at radius 3 is 2.71 bits per heavy atom. The number of aliphatic hydroxyl groups is 1. The second kappa shape index (κ2) is 4.55. The average Bonchev–Trinajstić information content (AvgIpc) is 2.73. The number of nitrogens with zero attached hydrogens (tertiary/aromatic N) is 1. The van der Waals surface area contributed by atoms with Crippen molar-refractivity contribution in [3.8, 4) is 0 Å². The summed E-state index contributed by atoms with van der Waals surface area (Å²) in [6.45, 7) is 0.870. The van der Waals surface area contributed by atoms with Gasteiger partial charge in [-0.3, -0.25) is 0 Å². The summed E-state index contributed by atoms with van der Waals surface area (Å²) < 4.78 is 4.60. The van der Waals surface area contributed by atoms with Crippen LogP contribution in [0.15, 0.2) is 24.3 Å². The van der Waals surface area contributed by atoms with Crippen LogP contribution in [-0.2, 0) is 9.53 Å². The molecule has 0 aliphatic carbocycles. The van der Waals surface area contributed by atoms with E-state index in [1.54, 1.807) is 12.1 Å². The molecule has 92 valence electrons. The molecule has 2 rings (SSSR count). The third-order valence-electron chi connectivity index (χ3n) is 3.00. The molecule has 1 atom stereocenters. The van der Waals surface area contributed by atoms with E-state index < -0.39 is 11.6 Å². The summed E-state index contributed by atoms with van der Waals surface area (Å²) in [7, 11) is 1.28. The Kier molecular flexibility index (Phi) is 3.26. The van der Waals surface area contributed by atoms with Crippen molar-refractivity contribution in [2.24, 2.45) is 0 Å². The monoisotopic (exact) mass is 255 g/mol. The molecular formula is C12H14ClNO3.